The van der Waals surface area contributed by atoms with Crippen LogP contribution >= 0.6 is 0 Å². The van der Waals surface area contributed by atoms with E-state index in [9.17, 15) is 8.42 Å². The normalized spacial score (nSPS) is 17.1. The quantitative estimate of drug-likeness (QED) is 0.802. The Kier molecular flexibility index (Phi) is 5.22. The van der Waals surface area contributed by atoms with Gasteiger partial charge < -0.3 is 5.32 Å². The van der Waals surface area contributed by atoms with E-state index in [1.54, 1.807) is 0 Å². The van der Waals surface area contributed by atoms with Gasteiger partial charge >= 0.3 is 0 Å². The van der Waals surface area contributed by atoms with Gasteiger partial charge in [0.2, 0.25) is 0 Å². The van der Waals surface area contributed by atoms with E-state index in [0.717, 1.165) is 19.4 Å². The summed E-state index contributed by atoms with van der Waals surface area (Å²) in [6, 6.07) is 9.31. The minimum atomic E-state index is -2.85. The second-order valence-corrected chi connectivity index (χ2v) is 8.32. The number of benzene rings is 1. The molecule has 20 heavy (non-hydrogen) atoms. The van der Waals surface area contributed by atoms with Crippen LogP contribution in [0.3, 0.4) is 0 Å². The molecule has 1 aromatic carbocycles. The first kappa shape index (κ1) is 15.5. The Morgan fingerprint density at radius 1 is 1.25 bits per heavy atom. The molecule has 1 aliphatic carbocycles. The van der Waals surface area contributed by atoms with E-state index in [1.165, 1.54) is 30.2 Å². The van der Waals surface area contributed by atoms with Crippen LogP contribution in [-0.4, -0.2) is 33.0 Å². The Hall–Kier alpha value is -0.870. The molecule has 1 fully saturated rings. The predicted molar refractivity (Wildman–Crippen MR) is 83.9 cm³/mol. The standard InChI is InChI=1S/C16H25NO2S/c1-13-5-7-14(8-6-13)15(12-17-16-9-10-16)4-3-11-20(2,18)19/h5-8,15-17H,3-4,9-12H2,1-2H3. The molecule has 0 aliphatic heterocycles. The van der Waals surface area contributed by atoms with Crippen molar-refractivity contribution in [2.45, 2.75) is 44.6 Å². The van der Waals surface area contributed by atoms with Gasteiger partial charge in [-0.05, 0) is 44.1 Å². The molecule has 1 unspecified atom stereocenters. The zero-order valence-electron chi connectivity index (χ0n) is 12.4. The summed E-state index contributed by atoms with van der Waals surface area (Å²) in [5.74, 6) is 0.705. The van der Waals surface area contributed by atoms with Crippen molar-refractivity contribution in [3.63, 3.8) is 0 Å². The molecule has 1 aliphatic rings. The first-order valence-electron chi connectivity index (χ1n) is 7.42. The van der Waals surface area contributed by atoms with Gasteiger partial charge in [0.15, 0.2) is 0 Å². The minimum Gasteiger partial charge on any atom is -0.313 e. The molecule has 1 aromatic rings. The molecule has 0 spiro atoms. The maximum Gasteiger partial charge on any atom is 0.147 e. The Morgan fingerprint density at radius 2 is 1.90 bits per heavy atom. The Balaban J connectivity index is 1.93. The van der Waals surface area contributed by atoms with Crippen molar-refractivity contribution in [2.75, 3.05) is 18.6 Å². The van der Waals surface area contributed by atoms with Crippen molar-refractivity contribution in [2.24, 2.45) is 0 Å². The lowest BCUT2D eigenvalue weighted by atomic mass is 9.93. The summed E-state index contributed by atoms with van der Waals surface area (Å²) in [5, 5.41) is 3.57. The summed E-state index contributed by atoms with van der Waals surface area (Å²) in [6.45, 7) is 3.04. The molecule has 1 N–H and O–H groups in total. The molecule has 3 nitrogen and oxygen atoms in total. The van der Waals surface area contributed by atoms with Crippen molar-refractivity contribution in [3.05, 3.63) is 35.4 Å². The first-order chi connectivity index (χ1) is 9.44. The van der Waals surface area contributed by atoms with Crippen LogP contribution in [0.5, 0.6) is 0 Å². The lowest BCUT2D eigenvalue weighted by Gasteiger charge is -2.18. The van der Waals surface area contributed by atoms with Gasteiger partial charge in [-0.25, -0.2) is 8.42 Å². The Morgan fingerprint density at radius 3 is 2.45 bits per heavy atom. The van der Waals surface area contributed by atoms with Crippen molar-refractivity contribution < 1.29 is 8.42 Å². The van der Waals surface area contributed by atoms with E-state index >= 15 is 0 Å². The minimum absolute atomic E-state index is 0.290. The molecular weight excluding hydrogens is 270 g/mol. The van der Waals surface area contributed by atoms with Gasteiger partial charge in [-0.2, -0.15) is 0 Å². The first-order valence-corrected chi connectivity index (χ1v) is 9.48. The van der Waals surface area contributed by atoms with Crippen LogP contribution in [-0.2, 0) is 9.84 Å². The van der Waals surface area contributed by atoms with Gasteiger partial charge in [0.1, 0.15) is 9.84 Å². The van der Waals surface area contributed by atoms with E-state index < -0.39 is 9.84 Å². The maximum atomic E-state index is 11.3. The van der Waals surface area contributed by atoms with Crippen molar-refractivity contribution in [1.82, 2.24) is 5.32 Å². The van der Waals surface area contributed by atoms with Gasteiger partial charge in [0.25, 0.3) is 0 Å². The molecule has 0 heterocycles. The molecule has 0 aromatic heterocycles. The average Bonchev–Trinajstić information content (AvgIpc) is 3.17. The average molecular weight is 295 g/mol. The summed E-state index contributed by atoms with van der Waals surface area (Å²) in [5.41, 5.74) is 2.58. The molecule has 0 radical (unpaired) electrons. The van der Waals surface area contributed by atoms with Crippen molar-refractivity contribution in [3.8, 4) is 0 Å². The molecule has 112 valence electrons. The summed E-state index contributed by atoms with van der Waals surface area (Å²) in [6.07, 6.45) is 5.55. The van der Waals surface area contributed by atoms with E-state index in [2.05, 4.69) is 36.5 Å². The van der Waals surface area contributed by atoms with Gasteiger partial charge in [-0.3, -0.25) is 0 Å². The molecule has 0 saturated heterocycles. The summed E-state index contributed by atoms with van der Waals surface area (Å²) in [4.78, 5) is 0. The summed E-state index contributed by atoms with van der Waals surface area (Å²) >= 11 is 0. The fourth-order valence-corrected chi connectivity index (χ4v) is 3.10. The highest BCUT2D eigenvalue weighted by molar-refractivity contribution is 7.90. The Bertz CT molecular complexity index is 518. The largest absolute Gasteiger partial charge is 0.313 e. The van der Waals surface area contributed by atoms with Crippen LogP contribution < -0.4 is 5.32 Å². The van der Waals surface area contributed by atoms with Crippen LogP contribution in [0.4, 0.5) is 0 Å². The molecular formula is C16H25NO2S. The highest BCUT2D eigenvalue weighted by Crippen LogP contribution is 2.24. The molecule has 1 saturated carbocycles. The number of hydrogen-bond donors (Lipinski definition) is 1. The number of hydrogen-bond acceptors (Lipinski definition) is 3. The smallest absolute Gasteiger partial charge is 0.147 e. The third-order valence-corrected chi connectivity index (χ3v) is 4.88. The van der Waals surface area contributed by atoms with Crippen LogP contribution in [0.2, 0.25) is 0 Å². The van der Waals surface area contributed by atoms with E-state index in [4.69, 9.17) is 0 Å². The monoisotopic (exact) mass is 295 g/mol. The zero-order chi connectivity index (χ0) is 14.6. The topological polar surface area (TPSA) is 46.2 Å². The second-order valence-electron chi connectivity index (χ2n) is 6.06. The SMILES string of the molecule is Cc1ccc(C(CCCS(C)(=O)=O)CNC2CC2)cc1. The zero-order valence-corrected chi connectivity index (χ0v) is 13.2. The molecule has 4 heteroatoms. The maximum absolute atomic E-state index is 11.3. The van der Waals surface area contributed by atoms with Gasteiger partial charge in [0, 0.05) is 24.6 Å². The van der Waals surface area contributed by atoms with Crippen LogP contribution in [0.1, 0.15) is 42.7 Å². The lowest BCUT2D eigenvalue weighted by Crippen LogP contribution is -2.24. The molecule has 0 amide bonds. The number of nitrogens with one attached hydrogen (secondary N) is 1. The van der Waals surface area contributed by atoms with Crippen LogP contribution in [0.25, 0.3) is 0 Å². The molecule has 1 atom stereocenters. The van der Waals surface area contributed by atoms with Crippen molar-refractivity contribution >= 4 is 9.84 Å². The molecule has 0 bridgehead atoms. The number of aryl methyl sites for hydroxylation is 1. The van der Waals surface area contributed by atoms with E-state index in [1.807, 2.05) is 0 Å². The highest BCUT2D eigenvalue weighted by Gasteiger charge is 2.22. The van der Waals surface area contributed by atoms with Crippen molar-refractivity contribution in [1.29, 1.82) is 0 Å². The molecule has 2 rings (SSSR count). The highest BCUT2D eigenvalue weighted by atomic mass is 32.2. The number of rotatable bonds is 8. The van der Waals surface area contributed by atoms with Crippen LogP contribution in [0.15, 0.2) is 24.3 Å². The Labute approximate surface area is 122 Å². The van der Waals surface area contributed by atoms with E-state index in [-0.39, 0.29) is 0 Å². The summed E-state index contributed by atoms with van der Waals surface area (Å²) < 4.78 is 22.5. The van der Waals surface area contributed by atoms with Gasteiger partial charge in [-0.1, -0.05) is 29.8 Å². The number of sulfone groups is 1. The third kappa shape index (κ3) is 5.63. The van der Waals surface area contributed by atoms with Gasteiger partial charge in [0.05, 0.1) is 0 Å². The fourth-order valence-electron chi connectivity index (χ4n) is 2.41. The predicted octanol–water partition coefficient (Wildman–Crippen LogP) is 2.66. The van der Waals surface area contributed by atoms with E-state index in [0.29, 0.717) is 17.7 Å². The second kappa shape index (κ2) is 6.72. The third-order valence-electron chi connectivity index (χ3n) is 3.85. The van der Waals surface area contributed by atoms with Gasteiger partial charge in [-0.15, -0.1) is 0 Å². The lowest BCUT2D eigenvalue weighted by molar-refractivity contribution is 0.538. The fraction of sp³-hybridized carbons (Fsp3) is 0.625. The van der Waals surface area contributed by atoms with Crippen LogP contribution in [0, 0.1) is 6.92 Å². The summed E-state index contributed by atoms with van der Waals surface area (Å²) in [7, 11) is -2.85.